The van der Waals surface area contributed by atoms with Gasteiger partial charge in [-0.1, -0.05) is 6.07 Å². The molecule has 0 radical (unpaired) electrons. The molecule has 2 N–H and O–H groups in total. The monoisotopic (exact) mass is 432 g/mol. The van der Waals surface area contributed by atoms with E-state index >= 15 is 0 Å². The summed E-state index contributed by atoms with van der Waals surface area (Å²) < 4.78 is 0. The fourth-order valence-electron chi connectivity index (χ4n) is 2.55. The van der Waals surface area contributed by atoms with Crippen molar-refractivity contribution < 1.29 is 0 Å². The first-order valence-electron chi connectivity index (χ1n) is 8.07. The van der Waals surface area contributed by atoms with Gasteiger partial charge in [-0.25, -0.2) is 9.98 Å². The minimum Gasteiger partial charge on any atom is -0.370 e. The molecule has 2 heterocycles. The Morgan fingerprint density at radius 3 is 2.39 bits per heavy atom. The Labute approximate surface area is 156 Å². The van der Waals surface area contributed by atoms with Crippen LogP contribution in [-0.4, -0.2) is 67.1 Å². The summed E-state index contributed by atoms with van der Waals surface area (Å²) in [6, 6.07) is 4.18. The molecule has 1 aromatic rings. The number of aromatic nitrogens is 1. The summed E-state index contributed by atoms with van der Waals surface area (Å²) in [5, 5.41) is 0. The Balaban J connectivity index is 0.00000264. The molecule has 1 saturated heterocycles. The van der Waals surface area contributed by atoms with Gasteiger partial charge in [0.15, 0.2) is 5.96 Å². The highest BCUT2D eigenvalue weighted by molar-refractivity contribution is 14.0. The van der Waals surface area contributed by atoms with E-state index in [1.54, 1.807) is 0 Å². The number of hydrogen-bond acceptors (Lipinski definition) is 4. The minimum atomic E-state index is 0. The molecule has 1 aromatic heterocycles. The number of pyridine rings is 1. The van der Waals surface area contributed by atoms with Gasteiger partial charge >= 0.3 is 0 Å². The Morgan fingerprint density at radius 1 is 1.22 bits per heavy atom. The van der Waals surface area contributed by atoms with Gasteiger partial charge in [0.05, 0.1) is 6.54 Å². The summed E-state index contributed by atoms with van der Waals surface area (Å²) in [5.41, 5.74) is 7.08. The molecule has 2 rings (SSSR count). The lowest BCUT2D eigenvalue weighted by Gasteiger charge is -2.33. The van der Waals surface area contributed by atoms with E-state index in [1.165, 1.54) is 0 Å². The van der Waals surface area contributed by atoms with Crippen molar-refractivity contribution in [1.82, 2.24) is 14.8 Å². The van der Waals surface area contributed by atoms with Crippen molar-refractivity contribution in [3.8, 4) is 0 Å². The Morgan fingerprint density at radius 2 is 1.87 bits per heavy atom. The smallest absolute Gasteiger partial charge is 0.191 e. The Hall–Kier alpha value is -1.09. The van der Waals surface area contributed by atoms with Gasteiger partial charge in [-0.3, -0.25) is 0 Å². The van der Waals surface area contributed by atoms with Crippen molar-refractivity contribution in [2.75, 3.05) is 51.2 Å². The molecule has 7 heteroatoms. The lowest BCUT2D eigenvalue weighted by Crippen LogP contribution is -2.44. The second kappa shape index (κ2) is 9.92. The van der Waals surface area contributed by atoms with Gasteiger partial charge in [0.1, 0.15) is 5.82 Å². The maximum Gasteiger partial charge on any atom is 0.191 e. The third kappa shape index (κ3) is 5.80. The molecule has 0 amide bonds. The van der Waals surface area contributed by atoms with Crippen LogP contribution in [0.25, 0.3) is 0 Å². The topological polar surface area (TPSA) is 61.0 Å². The van der Waals surface area contributed by atoms with Crippen LogP contribution < -0.4 is 10.6 Å². The molecule has 6 nitrogen and oxygen atoms in total. The predicted octanol–water partition coefficient (Wildman–Crippen LogP) is 1.61. The fourth-order valence-corrected chi connectivity index (χ4v) is 2.55. The second-order valence-electron chi connectivity index (χ2n) is 5.66. The van der Waals surface area contributed by atoms with Crippen LogP contribution in [0.15, 0.2) is 23.3 Å². The van der Waals surface area contributed by atoms with Crippen LogP contribution in [-0.2, 0) is 6.54 Å². The summed E-state index contributed by atoms with van der Waals surface area (Å²) in [5.74, 6) is 1.66. The predicted molar refractivity (Wildman–Crippen MR) is 108 cm³/mol. The van der Waals surface area contributed by atoms with Crippen LogP contribution >= 0.6 is 24.0 Å². The van der Waals surface area contributed by atoms with Gasteiger partial charge < -0.3 is 20.4 Å². The quantitative estimate of drug-likeness (QED) is 0.435. The normalized spacial score (nSPS) is 16.1. The number of anilines is 1. The zero-order chi connectivity index (χ0) is 15.9. The van der Waals surface area contributed by atoms with Crippen LogP contribution in [0, 0.1) is 0 Å². The summed E-state index contributed by atoms with van der Waals surface area (Å²) in [6.45, 7) is 10.8. The van der Waals surface area contributed by atoms with E-state index in [0.29, 0.717) is 12.5 Å². The molecule has 0 saturated carbocycles. The standard InChI is InChI=1S/C16H28N6.HI/c1-4-21(5-2)16(17)19-13-14-6-7-15(18-12-14)22-10-8-20(3)9-11-22;/h6-7,12H,4-5,8-11,13H2,1-3H3,(H2,17,19);1H. The first-order valence-corrected chi connectivity index (χ1v) is 8.07. The minimum absolute atomic E-state index is 0. The maximum atomic E-state index is 5.99. The largest absolute Gasteiger partial charge is 0.370 e. The third-order valence-electron chi connectivity index (χ3n) is 4.15. The zero-order valence-corrected chi connectivity index (χ0v) is 16.7. The van der Waals surface area contributed by atoms with Crippen LogP contribution in [0.5, 0.6) is 0 Å². The number of guanidine groups is 1. The van der Waals surface area contributed by atoms with E-state index in [0.717, 1.165) is 50.6 Å². The molecular weight excluding hydrogens is 403 g/mol. The van der Waals surface area contributed by atoms with E-state index in [2.05, 4.69) is 52.8 Å². The van der Waals surface area contributed by atoms with Crippen LogP contribution in [0.4, 0.5) is 5.82 Å². The van der Waals surface area contributed by atoms with E-state index in [9.17, 15) is 0 Å². The number of piperazine rings is 1. The van der Waals surface area contributed by atoms with Crippen molar-refractivity contribution in [3.05, 3.63) is 23.9 Å². The Kier molecular flexibility index (Phi) is 8.60. The van der Waals surface area contributed by atoms with Crippen molar-refractivity contribution in [1.29, 1.82) is 0 Å². The van der Waals surface area contributed by atoms with Crippen LogP contribution in [0.2, 0.25) is 0 Å². The molecule has 130 valence electrons. The molecule has 0 aliphatic carbocycles. The highest BCUT2D eigenvalue weighted by atomic mass is 127. The van der Waals surface area contributed by atoms with Gasteiger partial charge in [0.25, 0.3) is 0 Å². The number of hydrogen-bond donors (Lipinski definition) is 1. The molecule has 0 atom stereocenters. The first kappa shape index (κ1) is 20.0. The van der Waals surface area contributed by atoms with E-state index in [-0.39, 0.29) is 24.0 Å². The number of aliphatic imine (C=N–C) groups is 1. The molecule has 1 fully saturated rings. The van der Waals surface area contributed by atoms with Gasteiger partial charge in [-0.05, 0) is 32.5 Å². The number of likely N-dealkylation sites (N-methyl/N-ethyl adjacent to an activating group) is 1. The summed E-state index contributed by atoms with van der Waals surface area (Å²) in [7, 11) is 2.16. The number of rotatable bonds is 5. The van der Waals surface area contributed by atoms with Gasteiger partial charge in [-0.15, -0.1) is 24.0 Å². The average Bonchev–Trinajstić information content (AvgIpc) is 2.55. The van der Waals surface area contributed by atoms with E-state index in [1.807, 2.05) is 11.1 Å². The SMILES string of the molecule is CCN(CC)C(N)=NCc1ccc(N2CCN(C)CC2)nc1.I. The lowest BCUT2D eigenvalue weighted by molar-refractivity contribution is 0.312. The lowest BCUT2D eigenvalue weighted by atomic mass is 10.2. The highest BCUT2D eigenvalue weighted by Crippen LogP contribution is 2.14. The molecule has 0 spiro atoms. The maximum absolute atomic E-state index is 5.99. The highest BCUT2D eigenvalue weighted by Gasteiger charge is 2.14. The Bertz CT molecular complexity index is 478. The molecule has 1 aliphatic heterocycles. The van der Waals surface area contributed by atoms with Crippen molar-refractivity contribution >= 4 is 35.8 Å². The van der Waals surface area contributed by atoms with Gasteiger partial charge in [-0.2, -0.15) is 0 Å². The fraction of sp³-hybridized carbons (Fsp3) is 0.625. The van der Waals surface area contributed by atoms with E-state index in [4.69, 9.17) is 5.73 Å². The van der Waals surface area contributed by atoms with Crippen molar-refractivity contribution in [2.45, 2.75) is 20.4 Å². The van der Waals surface area contributed by atoms with Crippen molar-refractivity contribution in [2.24, 2.45) is 10.7 Å². The molecular formula is C16H29IN6. The van der Waals surface area contributed by atoms with Crippen LogP contribution in [0.3, 0.4) is 0 Å². The number of nitrogens with zero attached hydrogens (tertiary/aromatic N) is 5. The molecule has 0 bridgehead atoms. The van der Waals surface area contributed by atoms with Crippen molar-refractivity contribution in [3.63, 3.8) is 0 Å². The second-order valence-corrected chi connectivity index (χ2v) is 5.66. The molecule has 0 unspecified atom stereocenters. The number of halogens is 1. The summed E-state index contributed by atoms with van der Waals surface area (Å²) >= 11 is 0. The average molecular weight is 432 g/mol. The van der Waals surface area contributed by atoms with Gasteiger partial charge in [0, 0.05) is 45.5 Å². The first-order chi connectivity index (χ1) is 10.6. The molecule has 1 aliphatic rings. The zero-order valence-electron chi connectivity index (χ0n) is 14.4. The number of nitrogens with two attached hydrogens (primary N) is 1. The molecule has 0 aromatic carbocycles. The summed E-state index contributed by atoms with van der Waals surface area (Å²) in [4.78, 5) is 15.7. The van der Waals surface area contributed by atoms with Crippen LogP contribution in [0.1, 0.15) is 19.4 Å². The van der Waals surface area contributed by atoms with E-state index < -0.39 is 0 Å². The van der Waals surface area contributed by atoms with Gasteiger partial charge in [0.2, 0.25) is 0 Å². The third-order valence-corrected chi connectivity index (χ3v) is 4.15. The molecule has 23 heavy (non-hydrogen) atoms. The summed E-state index contributed by atoms with van der Waals surface area (Å²) in [6.07, 6.45) is 1.91.